The maximum atomic E-state index is 10.6. The number of rotatable bonds is 5. The lowest BCUT2D eigenvalue weighted by Crippen LogP contribution is -2.41. The maximum Gasteiger partial charge on any atom is 0.490 e. The van der Waals surface area contributed by atoms with Gasteiger partial charge in [0.15, 0.2) is 0 Å². The lowest BCUT2D eigenvalue weighted by Gasteiger charge is -2.32. The fraction of sp³-hybridized carbons (Fsp3) is 0.522. The van der Waals surface area contributed by atoms with Gasteiger partial charge in [-0.2, -0.15) is 26.3 Å². The van der Waals surface area contributed by atoms with E-state index in [-0.39, 0.29) is 12.2 Å². The van der Waals surface area contributed by atoms with Gasteiger partial charge in [0.25, 0.3) is 0 Å². The number of likely N-dealkylation sites (tertiary alicyclic amines) is 1. The number of fused-ring (bicyclic) bond motifs is 1. The molecule has 212 valence electrons. The molecule has 2 fully saturated rings. The predicted octanol–water partition coefficient (Wildman–Crippen LogP) is 4.67. The molecule has 4 heterocycles. The first-order chi connectivity index (χ1) is 17.7. The molecule has 0 spiro atoms. The fourth-order valence-electron chi connectivity index (χ4n) is 3.78. The van der Waals surface area contributed by atoms with Crippen molar-refractivity contribution in [3.8, 4) is 0 Å². The Morgan fingerprint density at radius 1 is 1.11 bits per heavy atom. The maximum absolute atomic E-state index is 10.6. The SMILES string of the molecule is Cc1ccc(CN2C[C@@H](OCc3ccccn3)[C@H]3OCCC[C@H]32)s1.O=C(O)C(F)(F)F.O=C(O)C(F)(F)F. The minimum absolute atomic E-state index is 0.137. The van der Waals surface area contributed by atoms with Gasteiger partial charge in [0.2, 0.25) is 0 Å². The number of aliphatic carboxylic acids is 2. The molecule has 2 N–H and O–H groups in total. The molecule has 0 amide bonds. The van der Waals surface area contributed by atoms with Gasteiger partial charge in [-0.05, 0) is 44.0 Å². The van der Waals surface area contributed by atoms with Gasteiger partial charge in [0.05, 0.1) is 18.4 Å². The van der Waals surface area contributed by atoms with Crippen molar-refractivity contribution in [1.82, 2.24) is 9.88 Å². The highest BCUT2D eigenvalue weighted by atomic mass is 32.1. The van der Waals surface area contributed by atoms with Crippen LogP contribution in [0.4, 0.5) is 26.3 Å². The largest absolute Gasteiger partial charge is 0.490 e. The number of halogens is 6. The molecule has 0 bridgehead atoms. The Kier molecular flexibility index (Phi) is 11.5. The van der Waals surface area contributed by atoms with Crippen molar-refractivity contribution in [1.29, 1.82) is 0 Å². The number of carboxylic acid groups (broad SMARTS) is 2. The van der Waals surface area contributed by atoms with Crippen LogP contribution in [0.3, 0.4) is 0 Å². The summed E-state index contributed by atoms with van der Waals surface area (Å²) in [6.45, 7) is 5.54. The molecule has 2 aromatic rings. The van der Waals surface area contributed by atoms with Crippen LogP contribution in [-0.4, -0.2) is 75.8 Å². The summed E-state index contributed by atoms with van der Waals surface area (Å²) in [6.07, 6.45) is -5.66. The van der Waals surface area contributed by atoms with Crippen LogP contribution in [0.5, 0.6) is 0 Å². The second-order valence-corrected chi connectivity index (χ2v) is 9.64. The second-order valence-electron chi connectivity index (χ2n) is 8.26. The third-order valence-electron chi connectivity index (χ3n) is 5.40. The zero-order valence-corrected chi connectivity index (χ0v) is 20.9. The number of hydrogen-bond acceptors (Lipinski definition) is 7. The van der Waals surface area contributed by atoms with E-state index in [9.17, 15) is 26.3 Å². The van der Waals surface area contributed by atoms with Crippen molar-refractivity contribution in [3.05, 3.63) is 52.0 Å². The van der Waals surface area contributed by atoms with E-state index < -0.39 is 24.3 Å². The van der Waals surface area contributed by atoms with Crippen LogP contribution < -0.4 is 0 Å². The van der Waals surface area contributed by atoms with Crippen LogP contribution in [0.1, 0.15) is 28.3 Å². The molecule has 2 aliphatic rings. The van der Waals surface area contributed by atoms with Crippen molar-refractivity contribution >= 4 is 23.3 Å². The minimum atomic E-state index is -5.08. The molecule has 15 heteroatoms. The number of thiophene rings is 1. The van der Waals surface area contributed by atoms with E-state index in [4.69, 9.17) is 29.3 Å². The Morgan fingerprint density at radius 2 is 1.74 bits per heavy atom. The Bertz CT molecular complexity index is 1010. The molecule has 38 heavy (non-hydrogen) atoms. The minimum Gasteiger partial charge on any atom is -0.475 e. The van der Waals surface area contributed by atoms with Crippen LogP contribution in [0.25, 0.3) is 0 Å². The highest BCUT2D eigenvalue weighted by Crippen LogP contribution is 2.33. The summed E-state index contributed by atoms with van der Waals surface area (Å²) in [5.74, 6) is -5.51. The third kappa shape index (κ3) is 10.2. The van der Waals surface area contributed by atoms with Crippen molar-refractivity contribution in [2.24, 2.45) is 0 Å². The van der Waals surface area contributed by atoms with Gasteiger partial charge in [-0.15, -0.1) is 11.3 Å². The molecule has 0 aromatic carbocycles. The first-order valence-corrected chi connectivity index (χ1v) is 12.0. The van der Waals surface area contributed by atoms with E-state index in [1.165, 1.54) is 16.2 Å². The zero-order chi connectivity index (χ0) is 28.5. The summed E-state index contributed by atoms with van der Waals surface area (Å²) >= 11 is 1.89. The van der Waals surface area contributed by atoms with Crippen molar-refractivity contribution in [3.63, 3.8) is 0 Å². The Morgan fingerprint density at radius 3 is 2.24 bits per heavy atom. The second kappa shape index (κ2) is 13.9. The van der Waals surface area contributed by atoms with Gasteiger partial charge in [-0.1, -0.05) is 6.07 Å². The van der Waals surface area contributed by atoms with Gasteiger partial charge < -0.3 is 19.7 Å². The zero-order valence-electron chi connectivity index (χ0n) is 20.0. The van der Waals surface area contributed by atoms with Gasteiger partial charge in [0, 0.05) is 41.7 Å². The number of hydrogen-bond donors (Lipinski definition) is 2. The molecule has 2 aromatic heterocycles. The van der Waals surface area contributed by atoms with Crippen LogP contribution >= 0.6 is 11.3 Å². The van der Waals surface area contributed by atoms with Crippen LogP contribution in [0.15, 0.2) is 36.5 Å². The third-order valence-corrected chi connectivity index (χ3v) is 6.38. The summed E-state index contributed by atoms with van der Waals surface area (Å²) in [5.41, 5.74) is 0.984. The van der Waals surface area contributed by atoms with E-state index >= 15 is 0 Å². The number of aromatic nitrogens is 1. The van der Waals surface area contributed by atoms with E-state index in [1.54, 1.807) is 0 Å². The van der Waals surface area contributed by atoms with Crippen LogP contribution in [0.2, 0.25) is 0 Å². The highest BCUT2D eigenvalue weighted by molar-refractivity contribution is 7.11. The number of aryl methyl sites for hydroxylation is 1. The number of ether oxygens (including phenoxy) is 2. The van der Waals surface area contributed by atoms with E-state index in [2.05, 4.69) is 28.9 Å². The van der Waals surface area contributed by atoms with Crippen LogP contribution in [0, 0.1) is 6.92 Å². The standard InChI is InChI=1S/C19H24N2O2S.2C2HF3O2/c1-14-7-8-16(24-14)11-21-12-18(19-17(21)6-4-10-22-19)23-13-15-5-2-3-9-20-15;2*3-2(4,5)1(6)7/h2-3,5,7-9,17-19H,4,6,10-13H2,1H3;2*(H,6,7)/t17-,18-,19+;;/m1../s1. The fourth-order valence-corrected chi connectivity index (χ4v) is 4.69. The molecule has 0 saturated carbocycles. The molecule has 8 nitrogen and oxygen atoms in total. The number of alkyl halides is 6. The highest BCUT2D eigenvalue weighted by Gasteiger charge is 2.44. The summed E-state index contributed by atoms with van der Waals surface area (Å²) < 4.78 is 75.8. The molecule has 3 atom stereocenters. The monoisotopic (exact) mass is 572 g/mol. The normalized spacial score (nSPS) is 21.4. The number of carboxylic acids is 2. The molecule has 2 aliphatic heterocycles. The van der Waals surface area contributed by atoms with Gasteiger partial charge >= 0.3 is 24.3 Å². The summed E-state index contributed by atoms with van der Waals surface area (Å²) in [4.78, 5) is 27.5. The predicted molar refractivity (Wildman–Crippen MR) is 122 cm³/mol. The molecular formula is C23H26F6N2O6S. The molecule has 4 rings (SSSR count). The van der Waals surface area contributed by atoms with E-state index in [0.717, 1.165) is 31.8 Å². The topological polar surface area (TPSA) is 109 Å². The van der Waals surface area contributed by atoms with Gasteiger partial charge in [-0.25, -0.2) is 9.59 Å². The Hall–Kier alpha value is -2.75. The summed E-state index contributed by atoms with van der Waals surface area (Å²) in [6, 6.07) is 10.9. The van der Waals surface area contributed by atoms with Gasteiger partial charge in [0.1, 0.15) is 6.10 Å². The number of nitrogens with zero attached hydrogens (tertiary/aromatic N) is 2. The lowest BCUT2D eigenvalue weighted by molar-refractivity contribution is -0.193. The van der Waals surface area contributed by atoms with E-state index in [1.807, 2.05) is 35.7 Å². The van der Waals surface area contributed by atoms with Crippen molar-refractivity contribution < 1.29 is 55.6 Å². The van der Waals surface area contributed by atoms with E-state index in [0.29, 0.717) is 12.6 Å². The summed E-state index contributed by atoms with van der Waals surface area (Å²) in [7, 11) is 0. The number of carbonyl (C=O) groups is 2. The first-order valence-electron chi connectivity index (χ1n) is 11.2. The Labute approximate surface area is 217 Å². The molecule has 0 aliphatic carbocycles. The van der Waals surface area contributed by atoms with Crippen molar-refractivity contribution in [2.75, 3.05) is 13.2 Å². The van der Waals surface area contributed by atoms with Crippen molar-refractivity contribution in [2.45, 2.75) is 63.5 Å². The molecular weight excluding hydrogens is 546 g/mol. The average molecular weight is 573 g/mol. The van der Waals surface area contributed by atoms with Gasteiger partial charge in [-0.3, -0.25) is 9.88 Å². The first kappa shape index (κ1) is 31.5. The smallest absolute Gasteiger partial charge is 0.475 e. The summed E-state index contributed by atoms with van der Waals surface area (Å²) in [5, 5.41) is 14.2. The lowest BCUT2D eigenvalue weighted by atomic mass is 10.0. The molecule has 2 saturated heterocycles. The molecule has 0 radical (unpaired) electrons. The quantitative estimate of drug-likeness (QED) is 0.498. The average Bonchev–Trinajstić information content (AvgIpc) is 3.41. The molecule has 0 unspecified atom stereocenters. The van der Waals surface area contributed by atoms with Crippen LogP contribution in [-0.2, 0) is 32.2 Å². The Balaban J connectivity index is 0.000000301. The number of pyridine rings is 1.